The third-order valence-corrected chi connectivity index (χ3v) is 4.05. The molecule has 0 aromatic heterocycles. The van der Waals surface area contributed by atoms with Gasteiger partial charge in [0.25, 0.3) is 0 Å². The summed E-state index contributed by atoms with van der Waals surface area (Å²) in [6, 6.07) is 12.4. The van der Waals surface area contributed by atoms with E-state index in [1.165, 1.54) is 24.3 Å². The van der Waals surface area contributed by atoms with E-state index in [0.29, 0.717) is 12.1 Å². The smallest absolute Gasteiger partial charge is 0.227 e. The van der Waals surface area contributed by atoms with Gasteiger partial charge in [-0.05, 0) is 48.2 Å². The van der Waals surface area contributed by atoms with Gasteiger partial charge in [-0.15, -0.1) is 0 Å². The van der Waals surface area contributed by atoms with E-state index in [4.69, 9.17) is 0 Å². The number of hydrogen-bond donors (Lipinski definition) is 0. The summed E-state index contributed by atoms with van der Waals surface area (Å²) >= 11 is 0. The van der Waals surface area contributed by atoms with E-state index in [1.54, 1.807) is 23.1 Å². The lowest BCUT2D eigenvalue weighted by Crippen LogP contribution is -2.31. The summed E-state index contributed by atoms with van der Waals surface area (Å²) in [7, 11) is 0. The Bertz CT molecular complexity index is 686. The minimum absolute atomic E-state index is 0.0441. The summed E-state index contributed by atoms with van der Waals surface area (Å²) in [6.45, 7) is 0.662. The highest BCUT2D eigenvalue weighted by Gasteiger charge is 2.29. The van der Waals surface area contributed by atoms with Gasteiger partial charge in [-0.25, -0.2) is 8.78 Å². The van der Waals surface area contributed by atoms with Crippen LogP contribution in [0.4, 0.5) is 8.78 Å². The molecular formula is C18H17F2NO. The minimum atomic E-state index is -0.339. The molecule has 1 unspecified atom stereocenters. The van der Waals surface area contributed by atoms with E-state index in [2.05, 4.69) is 0 Å². The standard InChI is InChI=1S/C18H17F2NO/c19-15-6-1-4-13(10-15)11-18(22)21-9-3-8-17(21)14-5-2-7-16(20)12-14/h1-2,4-7,10,12,17H,3,8-9,11H2. The minimum Gasteiger partial charge on any atom is -0.335 e. The Labute approximate surface area is 128 Å². The Morgan fingerprint density at radius 3 is 2.55 bits per heavy atom. The largest absolute Gasteiger partial charge is 0.335 e. The second-order valence-corrected chi connectivity index (χ2v) is 5.61. The van der Waals surface area contributed by atoms with E-state index >= 15 is 0 Å². The lowest BCUT2D eigenvalue weighted by atomic mass is 10.0. The number of halogens is 2. The van der Waals surface area contributed by atoms with E-state index in [0.717, 1.165) is 18.4 Å². The lowest BCUT2D eigenvalue weighted by molar-refractivity contribution is -0.131. The molecule has 1 fully saturated rings. The number of hydrogen-bond acceptors (Lipinski definition) is 1. The van der Waals surface area contributed by atoms with Crippen LogP contribution in [0, 0.1) is 11.6 Å². The van der Waals surface area contributed by atoms with Gasteiger partial charge in [-0.3, -0.25) is 4.79 Å². The number of carbonyl (C=O) groups is 1. The van der Waals surface area contributed by atoms with Gasteiger partial charge in [0.05, 0.1) is 12.5 Å². The fourth-order valence-corrected chi connectivity index (χ4v) is 3.05. The van der Waals surface area contributed by atoms with Crippen LogP contribution in [0.5, 0.6) is 0 Å². The molecule has 0 aliphatic carbocycles. The molecule has 114 valence electrons. The molecular weight excluding hydrogens is 284 g/mol. The molecule has 0 bridgehead atoms. The van der Waals surface area contributed by atoms with Gasteiger partial charge >= 0.3 is 0 Å². The highest BCUT2D eigenvalue weighted by Crippen LogP contribution is 2.32. The second kappa shape index (κ2) is 6.26. The van der Waals surface area contributed by atoms with Crippen LogP contribution >= 0.6 is 0 Å². The third-order valence-electron chi connectivity index (χ3n) is 4.05. The average Bonchev–Trinajstić information content (AvgIpc) is 2.97. The summed E-state index contributed by atoms with van der Waals surface area (Å²) in [6.07, 6.45) is 1.90. The molecule has 1 aliphatic heterocycles. The fraction of sp³-hybridized carbons (Fsp3) is 0.278. The van der Waals surface area contributed by atoms with Crippen LogP contribution < -0.4 is 0 Å². The van der Waals surface area contributed by atoms with Crippen LogP contribution in [-0.4, -0.2) is 17.4 Å². The molecule has 0 N–H and O–H groups in total. The maximum atomic E-state index is 13.4. The number of benzene rings is 2. The van der Waals surface area contributed by atoms with Crippen molar-refractivity contribution in [1.29, 1.82) is 0 Å². The number of nitrogens with zero attached hydrogens (tertiary/aromatic N) is 1. The first-order chi connectivity index (χ1) is 10.6. The Morgan fingerprint density at radius 2 is 1.82 bits per heavy atom. The number of rotatable bonds is 3. The fourth-order valence-electron chi connectivity index (χ4n) is 3.05. The molecule has 0 saturated carbocycles. The normalized spacial score (nSPS) is 17.7. The van der Waals surface area contributed by atoms with Gasteiger partial charge in [0.2, 0.25) is 5.91 Å². The van der Waals surface area contributed by atoms with Gasteiger partial charge in [0.15, 0.2) is 0 Å². The molecule has 1 amide bonds. The molecule has 2 aromatic rings. The van der Waals surface area contributed by atoms with E-state index < -0.39 is 0 Å². The predicted octanol–water partition coefficient (Wildman–Crippen LogP) is 3.87. The topological polar surface area (TPSA) is 20.3 Å². The first-order valence-electron chi connectivity index (χ1n) is 7.43. The van der Waals surface area contributed by atoms with Crippen LogP contribution in [-0.2, 0) is 11.2 Å². The van der Waals surface area contributed by atoms with Crippen molar-refractivity contribution in [3.63, 3.8) is 0 Å². The summed E-state index contributed by atoms with van der Waals surface area (Å²) < 4.78 is 26.6. The van der Waals surface area contributed by atoms with Crippen molar-refractivity contribution < 1.29 is 13.6 Å². The summed E-state index contributed by atoms with van der Waals surface area (Å²) in [5.41, 5.74) is 1.49. The summed E-state index contributed by atoms with van der Waals surface area (Å²) in [5, 5.41) is 0. The molecule has 1 heterocycles. The number of carbonyl (C=O) groups excluding carboxylic acids is 1. The first-order valence-corrected chi connectivity index (χ1v) is 7.43. The van der Waals surface area contributed by atoms with E-state index in [-0.39, 0.29) is 30.0 Å². The molecule has 1 aliphatic rings. The highest BCUT2D eigenvalue weighted by molar-refractivity contribution is 5.79. The van der Waals surface area contributed by atoms with Crippen molar-refractivity contribution in [2.75, 3.05) is 6.54 Å². The molecule has 2 nitrogen and oxygen atoms in total. The van der Waals surface area contributed by atoms with Crippen molar-refractivity contribution in [3.05, 3.63) is 71.3 Å². The van der Waals surface area contributed by atoms with Crippen LogP contribution in [0.2, 0.25) is 0 Å². The predicted molar refractivity (Wildman–Crippen MR) is 80.2 cm³/mol. The maximum absolute atomic E-state index is 13.4. The molecule has 0 spiro atoms. The molecule has 0 radical (unpaired) electrons. The first kappa shape index (κ1) is 14.7. The molecule has 4 heteroatoms. The molecule has 2 aromatic carbocycles. The molecule has 3 rings (SSSR count). The van der Waals surface area contributed by atoms with Gasteiger partial charge in [-0.2, -0.15) is 0 Å². The molecule has 1 atom stereocenters. The van der Waals surface area contributed by atoms with Crippen molar-refractivity contribution in [3.8, 4) is 0 Å². The van der Waals surface area contributed by atoms with Gasteiger partial charge < -0.3 is 4.90 Å². The van der Waals surface area contributed by atoms with Crippen molar-refractivity contribution in [2.24, 2.45) is 0 Å². The summed E-state index contributed by atoms with van der Waals surface area (Å²) in [4.78, 5) is 14.3. The lowest BCUT2D eigenvalue weighted by Gasteiger charge is -2.25. The molecule has 1 saturated heterocycles. The number of amides is 1. The maximum Gasteiger partial charge on any atom is 0.227 e. The zero-order valence-corrected chi connectivity index (χ0v) is 12.1. The Kier molecular flexibility index (Phi) is 4.18. The monoisotopic (exact) mass is 301 g/mol. The van der Waals surface area contributed by atoms with Crippen LogP contribution in [0.15, 0.2) is 48.5 Å². The van der Waals surface area contributed by atoms with Crippen molar-refractivity contribution in [2.45, 2.75) is 25.3 Å². The van der Waals surface area contributed by atoms with Crippen LogP contribution in [0.1, 0.15) is 30.0 Å². The molecule has 22 heavy (non-hydrogen) atoms. The number of likely N-dealkylation sites (tertiary alicyclic amines) is 1. The summed E-state index contributed by atoms with van der Waals surface area (Å²) in [5.74, 6) is -0.673. The van der Waals surface area contributed by atoms with Crippen molar-refractivity contribution >= 4 is 5.91 Å². The van der Waals surface area contributed by atoms with Gasteiger partial charge in [0.1, 0.15) is 11.6 Å². The Balaban J connectivity index is 1.76. The van der Waals surface area contributed by atoms with E-state index in [1.807, 2.05) is 6.07 Å². The Morgan fingerprint density at radius 1 is 1.09 bits per heavy atom. The van der Waals surface area contributed by atoms with Crippen molar-refractivity contribution in [1.82, 2.24) is 4.90 Å². The third kappa shape index (κ3) is 3.16. The van der Waals surface area contributed by atoms with Crippen LogP contribution in [0.3, 0.4) is 0 Å². The second-order valence-electron chi connectivity index (χ2n) is 5.61. The van der Waals surface area contributed by atoms with E-state index in [9.17, 15) is 13.6 Å². The quantitative estimate of drug-likeness (QED) is 0.842. The Hall–Kier alpha value is -2.23. The van der Waals surface area contributed by atoms with Gasteiger partial charge in [0, 0.05) is 6.54 Å². The van der Waals surface area contributed by atoms with Crippen LogP contribution in [0.25, 0.3) is 0 Å². The zero-order chi connectivity index (χ0) is 15.5. The zero-order valence-electron chi connectivity index (χ0n) is 12.1. The van der Waals surface area contributed by atoms with Gasteiger partial charge in [-0.1, -0.05) is 24.3 Å². The average molecular weight is 301 g/mol. The highest BCUT2D eigenvalue weighted by atomic mass is 19.1. The SMILES string of the molecule is O=C(Cc1cccc(F)c1)N1CCCC1c1cccc(F)c1.